The van der Waals surface area contributed by atoms with E-state index in [1.54, 1.807) is 13.0 Å². The number of H-pyrrole nitrogens is 1. The molecule has 13 heteroatoms. The molecule has 0 bridgehead atoms. The average molecular weight is 746 g/mol. The van der Waals surface area contributed by atoms with Crippen LogP contribution in [0.25, 0.3) is 10.9 Å². The van der Waals surface area contributed by atoms with Crippen LogP contribution in [0.15, 0.2) is 77.4 Å². The summed E-state index contributed by atoms with van der Waals surface area (Å²) >= 11 is 1.53. The van der Waals surface area contributed by atoms with Crippen LogP contribution >= 0.6 is 11.8 Å². The van der Waals surface area contributed by atoms with Crippen LogP contribution in [-0.2, 0) is 36.8 Å². The molecule has 0 saturated carbocycles. The highest BCUT2D eigenvalue weighted by molar-refractivity contribution is 7.98. The number of guanidine groups is 1. The molecule has 0 spiro atoms. The summed E-state index contributed by atoms with van der Waals surface area (Å²) in [6.07, 6.45) is 7.17. The van der Waals surface area contributed by atoms with Gasteiger partial charge in [-0.15, -0.1) is 0 Å². The van der Waals surface area contributed by atoms with Crippen LogP contribution in [0.4, 0.5) is 0 Å². The van der Waals surface area contributed by atoms with E-state index in [0.29, 0.717) is 37.1 Å². The van der Waals surface area contributed by atoms with E-state index in [4.69, 9.17) is 17.2 Å². The fourth-order valence-corrected chi connectivity index (χ4v) is 6.65. The fraction of sp³-hybridized carbons (Fsp3) is 0.450. The topological polar surface area (TPSA) is 216 Å². The number of para-hydroxylation sites is 1. The van der Waals surface area contributed by atoms with Gasteiger partial charge in [-0.3, -0.25) is 29.0 Å². The maximum Gasteiger partial charge on any atom is 0.240 e. The van der Waals surface area contributed by atoms with Gasteiger partial charge in [0.1, 0.15) is 6.04 Å². The zero-order chi connectivity index (χ0) is 38.9. The SMILES string of the molecule is CC[C@H](C)[C@H](NC(=O)[C@@H](CC(=O)[C@H](CCSC)NC(=O)[C@@H](CC(=O)/C(C)=C\CCN=C(N)N)Cc1c[nH]c2ccccc12)Cc1ccccc1)C(N)=O. The first-order chi connectivity index (χ1) is 25.3. The van der Waals surface area contributed by atoms with Crippen molar-refractivity contribution in [2.75, 3.05) is 18.6 Å². The van der Waals surface area contributed by atoms with Crippen molar-refractivity contribution in [2.45, 2.75) is 77.8 Å². The number of hydrogen-bond acceptors (Lipinski definition) is 7. The van der Waals surface area contributed by atoms with Crippen molar-refractivity contribution in [1.29, 1.82) is 0 Å². The Bertz CT molecular complexity index is 1750. The van der Waals surface area contributed by atoms with Crippen LogP contribution in [0.3, 0.4) is 0 Å². The monoisotopic (exact) mass is 745 g/mol. The normalized spacial score (nSPS) is 14.4. The molecule has 3 rings (SSSR count). The Kier molecular flexibility index (Phi) is 17.3. The summed E-state index contributed by atoms with van der Waals surface area (Å²) in [5.41, 5.74) is 19.6. The van der Waals surface area contributed by atoms with Crippen molar-refractivity contribution >= 4 is 57.9 Å². The number of fused-ring (bicyclic) bond motifs is 1. The molecule has 286 valence electrons. The van der Waals surface area contributed by atoms with Crippen molar-refractivity contribution in [1.82, 2.24) is 15.6 Å². The van der Waals surface area contributed by atoms with Crippen molar-refractivity contribution in [2.24, 2.45) is 39.9 Å². The van der Waals surface area contributed by atoms with E-state index in [9.17, 15) is 24.0 Å². The van der Waals surface area contributed by atoms with Crippen LogP contribution < -0.4 is 27.8 Å². The maximum absolute atomic E-state index is 14.2. The first-order valence-electron chi connectivity index (χ1n) is 18.1. The number of aromatic amines is 1. The maximum atomic E-state index is 14.2. The standard InChI is InChI=1S/C40H55N7O5S/c1-5-25(2)36(37(41)50)47-39(52)28(20-27-13-7-6-8-14-27)23-35(49)33(17-19-53-4)46-38(51)29(21-30-24-45-32-16-10-9-15-31(30)32)22-34(48)26(3)12-11-18-44-40(42)43/h6-10,12-16,24-25,28-29,33,36,45H,5,11,17-23H2,1-4H3,(H2,41,50)(H,46,51)(H,47,52)(H4,42,43,44)/b26-12-/t25-,28+,29+,33-,36-/m0/s1. The summed E-state index contributed by atoms with van der Waals surface area (Å²) in [6.45, 7) is 5.77. The first kappa shape index (κ1) is 42.5. The third-order valence-corrected chi connectivity index (χ3v) is 10.2. The first-order valence-corrected chi connectivity index (χ1v) is 19.5. The number of aliphatic imine (C=N–C) groups is 1. The molecule has 1 heterocycles. The zero-order valence-electron chi connectivity index (χ0n) is 31.2. The lowest BCUT2D eigenvalue weighted by atomic mass is 9.88. The molecule has 0 aliphatic carbocycles. The second-order valence-corrected chi connectivity index (χ2v) is 14.5. The second kappa shape index (κ2) is 21.6. The number of thioether (sulfide) groups is 1. The van der Waals surface area contributed by atoms with E-state index in [2.05, 4.69) is 20.6 Å². The van der Waals surface area contributed by atoms with Crippen molar-refractivity contribution in [3.8, 4) is 0 Å². The molecular formula is C40H55N7O5S. The van der Waals surface area contributed by atoms with E-state index in [1.165, 1.54) is 11.8 Å². The van der Waals surface area contributed by atoms with Gasteiger partial charge in [-0.2, -0.15) is 11.8 Å². The number of hydrogen-bond donors (Lipinski definition) is 6. The Morgan fingerprint density at radius 3 is 2.23 bits per heavy atom. The lowest BCUT2D eigenvalue weighted by Crippen LogP contribution is -2.51. The molecule has 1 aromatic heterocycles. The molecule has 3 aromatic rings. The molecule has 12 nitrogen and oxygen atoms in total. The van der Waals surface area contributed by atoms with Crippen LogP contribution in [0.2, 0.25) is 0 Å². The van der Waals surface area contributed by atoms with Gasteiger partial charge in [0.05, 0.1) is 6.04 Å². The van der Waals surface area contributed by atoms with E-state index in [-0.39, 0.29) is 49.1 Å². The van der Waals surface area contributed by atoms with E-state index < -0.39 is 41.6 Å². The van der Waals surface area contributed by atoms with Crippen molar-refractivity contribution in [3.05, 3.63) is 83.6 Å². The molecule has 0 radical (unpaired) electrons. The summed E-state index contributed by atoms with van der Waals surface area (Å²) in [7, 11) is 0. The number of primary amides is 1. The Hall–Kier alpha value is -4.91. The van der Waals surface area contributed by atoms with Gasteiger partial charge < -0.3 is 32.8 Å². The number of rotatable bonds is 23. The Balaban J connectivity index is 1.89. The molecule has 0 unspecified atom stereocenters. The number of carbonyl (C=O) groups is 5. The van der Waals surface area contributed by atoms with Gasteiger partial charge in [0.2, 0.25) is 17.7 Å². The third kappa shape index (κ3) is 13.5. The Labute approximate surface area is 316 Å². The van der Waals surface area contributed by atoms with Crippen LogP contribution in [0.1, 0.15) is 64.0 Å². The minimum absolute atomic E-state index is 0.0311. The number of nitrogens with zero attached hydrogens (tertiary/aromatic N) is 1. The van der Waals surface area contributed by atoms with Gasteiger partial charge in [-0.25, -0.2) is 0 Å². The fourth-order valence-electron chi connectivity index (χ4n) is 6.18. The number of amides is 3. The van der Waals surface area contributed by atoms with Gasteiger partial charge in [0.15, 0.2) is 17.5 Å². The number of Topliss-reactive ketones (excluding diaryl/α,β-unsaturated/α-hetero) is 2. The van der Waals surface area contributed by atoms with Crippen LogP contribution in [0, 0.1) is 17.8 Å². The number of ketones is 2. The van der Waals surface area contributed by atoms with E-state index in [1.807, 2.05) is 80.9 Å². The lowest BCUT2D eigenvalue weighted by molar-refractivity contribution is -0.135. The zero-order valence-corrected chi connectivity index (χ0v) is 32.0. The molecule has 0 fully saturated rings. The Morgan fingerprint density at radius 2 is 1.57 bits per heavy atom. The molecule has 0 aliphatic rings. The summed E-state index contributed by atoms with van der Waals surface area (Å²) in [6, 6.07) is 15.3. The summed E-state index contributed by atoms with van der Waals surface area (Å²) < 4.78 is 0. The smallest absolute Gasteiger partial charge is 0.240 e. The minimum atomic E-state index is -0.903. The molecule has 0 saturated heterocycles. The predicted octanol–water partition coefficient (Wildman–Crippen LogP) is 3.97. The number of nitrogens with one attached hydrogen (secondary N) is 3. The summed E-state index contributed by atoms with van der Waals surface area (Å²) in [5.74, 6) is -3.30. The third-order valence-electron chi connectivity index (χ3n) is 9.53. The largest absolute Gasteiger partial charge is 0.370 e. The number of carbonyl (C=O) groups excluding carboxylic acids is 5. The highest BCUT2D eigenvalue weighted by Gasteiger charge is 2.33. The van der Waals surface area contributed by atoms with Crippen molar-refractivity contribution < 1.29 is 24.0 Å². The summed E-state index contributed by atoms with van der Waals surface area (Å²) in [5, 5.41) is 6.73. The number of benzene rings is 2. The quantitative estimate of drug-likeness (QED) is 0.0361. The van der Waals surface area contributed by atoms with E-state index >= 15 is 0 Å². The lowest BCUT2D eigenvalue weighted by Gasteiger charge is -2.26. The molecule has 0 aliphatic heterocycles. The number of nitrogens with two attached hydrogens (primary N) is 3. The highest BCUT2D eigenvalue weighted by Crippen LogP contribution is 2.24. The number of aromatic nitrogens is 1. The molecular weight excluding hydrogens is 691 g/mol. The van der Waals surface area contributed by atoms with Crippen LogP contribution in [0.5, 0.6) is 0 Å². The van der Waals surface area contributed by atoms with Crippen molar-refractivity contribution in [3.63, 3.8) is 0 Å². The van der Waals surface area contributed by atoms with Gasteiger partial charge in [0, 0.05) is 48.3 Å². The Morgan fingerprint density at radius 1 is 0.906 bits per heavy atom. The molecule has 3 amide bonds. The summed E-state index contributed by atoms with van der Waals surface area (Å²) in [4.78, 5) is 75.0. The second-order valence-electron chi connectivity index (χ2n) is 13.5. The molecule has 9 N–H and O–H groups in total. The predicted molar refractivity (Wildman–Crippen MR) is 213 cm³/mol. The average Bonchev–Trinajstić information content (AvgIpc) is 3.55. The molecule has 5 atom stereocenters. The minimum Gasteiger partial charge on any atom is -0.370 e. The highest BCUT2D eigenvalue weighted by atomic mass is 32.2. The number of allylic oxidation sites excluding steroid dienone is 1. The molecule has 53 heavy (non-hydrogen) atoms. The van der Waals surface area contributed by atoms with E-state index in [0.717, 1.165) is 22.0 Å². The van der Waals surface area contributed by atoms with Crippen LogP contribution in [-0.4, -0.2) is 70.9 Å². The van der Waals surface area contributed by atoms with Gasteiger partial charge in [-0.1, -0.05) is 74.9 Å². The van der Waals surface area contributed by atoms with Gasteiger partial charge in [0.25, 0.3) is 0 Å². The molecule has 2 aromatic carbocycles. The van der Waals surface area contributed by atoms with Gasteiger partial charge >= 0.3 is 0 Å². The van der Waals surface area contributed by atoms with Gasteiger partial charge in [-0.05, 0) is 73.3 Å².